The van der Waals surface area contributed by atoms with Gasteiger partial charge in [0.15, 0.2) is 5.16 Å². The van der Waals surface area contributed by atoms with Crippen LogP contribution in [0.3, 0.4) is 0 Å². The molecule has 6 heteroatoms. The normalized spacial score (nSPS) is 28.1. The summed E-state index contributed by atoms with van der Waals surface area (Å²) in [5.74, 6) is 0.997. The number of hydrogen-bond donors (Lipinski definition) is 1. The first kappa shape index (κ1) is 17.1. The zero-order valence-electron chi connectivity index (χ0n) is 14.1. The van der Waals surface area contributed by atoms with Gasteiger partial charge in [-0.1, -0.05) is 18.7 Å². The summed E-state index contributed by atoms with van der Waals surface area (Å²) in [5.41, 5.74) is 0.482. The summed E-state index contributed by atoms with van der Waals surface area (Å²) < 4.78 is 6.07. The fourth-order valence-electron chi connectivity index (χ4n) is 3.65. The van der Waals surface area contributed by atoms with Gasteiger partial charge < -0.3 is 9.84 Å². The molecule has 1 N–H and O–H groups in total. The maximum Gasteiger partial charge on any atom is 0.187 e. The number of hydrogen-bond acceptors (Lipinski definition) is 6. The Kier molecular flexibility index (Phi) is 5.26. The Balaban J connectivity index is 1.53. The number of rotatable bonds is 4. The molecule has 23 heavy (non-hydrogen) atoms. The third-order valence-electron chi connectivity index (χ3n) is 4.88. The number of ether oxygens (including phenoxy) is 1. The van der Waals surface area contributed by atoms with Crippen LogP contribution in [0.5, 0.6) is 0 Å². The van der Waals surface area contributed by atoms with Gasteiger partial charge in [-0.3, -0.25) is 4.90 Å². The highest BCUT2D eigenvalue weighted by Gasteiger charge is 2.44. The van der Waals surface area contributed by atoms with E-state index in [1.54, 1.807) is 11.8 Å². The topological polar surface area (TPSA) is 58.5 Å². The minimum absolute atomic E-state index is 0.115. The van der Waals surface area contributed by atoms with E-state index in [1.165, 1.54) is 0 Å². The lowest BCUT2D eigenvalue weighted by Gasteiger charge is -2.48. The minimum Gasteiger partial charge on any atom is -0.390 e. The van der Waals surface area contributed by atoms with Crippen molar-refractivity contribution in [3.8, 4) is 0 Å². The van der Waals surface area contributed by atoms with Crippen LogP contribution in [-0.4, -0.2) is 56.6 Å². The van der Waals surface area contributed by atoms with E-state index in [2.05, 4.69) is 21.8 Å². The Morgan fingerprint density at radius 1 is 1.26 bits per heavy atom. The van der Waals surface area contributed by atoms with Crippen molar-refractivity contribution in [3.05, 3.63) is 18.0 Å². The van der Waals surface area contributed by atoms with Crippen LogP contribution in [-0.2, 0) is 11.3 Å². The molecule has 2 fully saturated rings. The predicted octanol–water partition coefficient (Wildman–Crippen LogP) is 2.48. The van der Waals surface area contributed by atoms with E-state index in [0.29, 0.717) is 6.61 Å². The predicted molar refractivity (Wildman–Crippen MR) is 91.5 cm³/mol. The largest absolute Gasteiger partial charge is 0.390 e. The molecule has 1 aromatic heterocycles. The van der Waals surface area contributed by atoms with E-state index in [1.807, 2.05) is 19.3 Å². The van der Waals surface area contributed by atoms with Gasteiger partial charge in [0.1, 0.15) is 0 Å². The van der Waals surface area contributed by atoms with Crippen LogP contribution in [0.15, 0.2) is 17.6 Å². The molecule has 3 heterocycles. The van der Waals surface area contributed by atoms with Gasteiger partial charge >= 0.3 is 0 Å². The molecular formula is C17H27N3O2S. The van der Waals surface area contributed by atoms with Gasteiger partial charge in [0.05, 0.1) is 17.8 Å². The summed E-state index contributed by atoms with van der Waals surface area (Å²) in [6, 6.07) is 0. The molecule has 3 rings (SSSR count). The Bertz CT molecular complexity index is 513. The zero-order valence-corrected chi connectivity index (χ0v) is 14.9. The molecule has 2 aliphatic heterocycles. The summed E-state index contributed by atoms with van der Waals surface area (Å²) >= 11 is 1.67. The molecule has 0 saturated carbocycles. The Morgan fingerprint density at radius 3 is 2.57 bits per heavy atom. The summed E-state index contributed by atoms with van der Waals surface area (Å²) in [4.78, 5) is 11.2. The fraction of sp³-hybridized carbons (Fsp3) is 0.765. The molecule has 0 aromatic carbocycles. The van der Waals surface area contributed by atoms with Crippen molar-refractivity contribution in [1.29, 1.82) is 0 Å². The molecule has 5 nitrogen and oxygen atoms in total. The van der Waals surface area contributed by atoms with Crippen molar-refractivity contribution in [2.75, 3.05) is 25.4 Å². The van der Waals surface area contributed by atoms with Crippen LogP contribution >= 0.6 is 11.8 Å². The molecular weight excluding hydrogens is 310 g/mol. The first-order valence-corrected chi connectivity index (χ1v) is 9.51. The van der Waals surface area contributed by atoms with Gasteiger partial charge in [-0.2, -0.15) is 0 Å². The van der Waals surface area contributed by atoms with Gasteiger partial charge in [-0.25, -0.2) is 9.97 Å². The molecule has 1 aromatic rings. The molecule has 0 radical (unpaired) electrons. The van der Waals surface area contributed by atoms with Gasteiger partial charge in [0, 0.05) is 44.0 Å². The highest BCUT2D eigenvalue weighted by atomic mass is 32.2. The Labute approximate surface area is 142 Å². The Morgan fingerprint density at radius 2 is 1.96 bits per heavy atom. The van der Waals surface area contributed by atoms with Crippen molar-refractivity contribution in [2.24, 2.45) is 0 Å². The van der Waals surface area contributed by atoms with E-state index in [9.17, 15) is 5.11 Å². The van der Waals surface area contributed by atoms with E-state index in [4.69, 9.17) is 4.74 Å². The van der Waals surface area contributed by atoms with E-state index < -0.39 is 5.60 Å². The molecule has 1 unspecified atom stereocenters. The molecule has 0 bridgehead atoms. The zero-order chi connectivity index (χ0) is 16.3. The number of thioether (sulfide) groups is 1. The SMILES string of the molecule is CCSc1ncc(CN2CCC3(CC2)CC(C)(O)CCO3)cn1. The van der Waals surface area contributed by atoms with Gasteiger partial charge in [-0.15, -0.1) is 0 Å². The van der Waals surface area contributed by atoms with Crippen molar-refractivity contribution < 1.29 is 9.84 Å². The van der Waals surface area contributed by atoms with Crippen LogP contribution in [0.4, 0.5) is 0 Å². The molecule has 2 saturated heterocycles. The maximum absolute atomic E-state index is 10.4. The average molecular weight is 337 g/mol. The first-order valence-electron chi connectivity index (χ1n) is 8.53. The Hall–Kier alpha value is -0.690. The van der Waals surface area contributed by atoms with Crippen LogP contribution in [0.25, 0.3) is 0 Å². The van der Waals surface area contributed by atoms with Crippen molar-refractivity contribution in [3.63, 3.8) is 0 Å². The first-order chi connectivity index (χ1) is 11.0. The molecule has 128 valence electrons. The van der Waals surface area contributed by atoms with E-state index >= 15 is 0 Å². The summed E-state index contributed by atoms with van der Waals surface area (Å²) in [5, 5.41) is 11.2. The van der Waals surface area contributed by atoms with Crippen molar-refractivity contribution in [1.82, 2.24) is 14.9 Å². The second kappa shape index (κ2) is 7.05. The number of piperidine rings is 1. The van der Waals surface area contributed by atoms with Crippen LogP contribution in [0.2, 0.25) is 0 Å². The number of aliphatic hydroxyl groups is 1. The highest BCUT2D eigenvalue weighted by Crippen LogP contribution is 2.39. The molecule has 1 atom stereocenters. The fourth-order valence-corrected chi connectivity index (χ4v) is 4.16. The van der Waals surface area contributed by atoms with E-state index in [-0.39, 0.29) is 5.60 Å². The smallest absolute Gasteiger partial charge is 0.187 e. The monoisotopic (exact) mass is 337 g/mol. The van der Waals surface area contributed by atoms with Crippen LogP contribution in [0.1, 0.15) is 45.1 Å². The van der Waals surface area contributed by atoms with Gasteiger partial charge in [0.2, 0.25) is 0 Å². The molecule has 0 aliphatic carbocycles. The third kappa shape index (κ3) is 4.44. The van der Waals surface area contributed by atoms with Crippen LogP contribution in [0, 0.1) is 0 Å². The number of aromatic nitrogens is 2. The van der Waals surface area contributed by atoms with E-state index in [0.717, 1.165) is 61.8 Å². The van der Waals surface area contributed by atoms with Gasteiger partial charge in [0.25, 0.3) is 0 Å². The summed E-state index contributed by atoms with van der Waals surface area (Å²) in [6.45, 7) is 7.62. The number of likely N-dealkylation sites (tertiary alicyclic amines) is 1. The van der Waals surface area contributed by atoms with Gasteiger partial charge in [-0.05, 0) is 31.9 Å². The summed E-state index contributed by atoms with van der Waals surface area (Å²) in [6.07, 6.45) is 7.38. The van der Waals surface area contributed by atoms with Crippen LogP contribution < -0.4 is 0 Å². The average Bonchev–Trinajstić information content (AvgIpc) is 2.51. The third-order valence-corrected chi connectivity index (χ3v) is 5.64. The lowest BCUT2D eigenvalue weighted by atomic mass is 9.78. The lowest BCUT2D eigenvalue weighted by molar-refractivity contribution is -0.173. The second-order valence-corrected chi connectivity index (χ2v) is 8.27. The molecule has 2 aliphatic rings. The number of nitrogens with zero attached hydrogens (tertiary/aromatic N) is 3. The second-order valence-electron chi connectivity index (χ2n) is 7.04. The maximum atomic E-state index is 10.4. The molecule has 1 spiro atoms. The van der Waals surface area contributed by atoms with Crippen molar-refractivity contribution in [2.45, 2.75) is 62.4 Å². The minimum atomic E-state index is -0.568. The van der Waals surface area contributed by atoms with Crippen molar-refractivity contribution >= 4 is 11.8 Å². The standard InChI is InChI=1S/C17H27N3O2S/c1-3-23-15-18-10-14(11-19-15)12-20-7-4-17(5-8-20)13-16(2,21)6-9-22-17/h10-11,21H,3-9,12-13H2,1-2H3. The summed E-state index contributed by atoms with van der Waals surface area (Å²) in [7, 11) is 0. The quantitative estimate of drug-likeness (QED) is 0.673. The molecule has 0 amide bonds. The lowest BCUT2D eigenvalue weighted by Crippen LogP contribution is -2.53. The highest BCUT2D eigenvalue weighted by molar-refractivity contribution is 7.99.